The minimum Gasteiger partial charge on any atom is -0.481 e. The zero-order valence-electron chi connectivity index (χ0n) is 11.5. The summed E-state index contributed by atoms with van der Waals surface area (Å²) in [6.07, 6.45) is 1.24. The van der Waals surface area contributed by atoms with Gasteiger partial charge in [-0.15, -0.1) is 0 Å². The lowest BCUT2D eigenvalue weighted by atomic mass is 9.95. The van der Waals surface area contributed by atoms with Crippen molar-refractivity contribution in [2.24, 2.45) is 11.8 Å². The number of carboxylic acids is 1. The van der Waals surface area contributed by atoms with Gasteiger partial charge in [0.1, 0.15) is 0 Å². The highest BCUT2D eigenvalue weighted by Crippen LogP contribution is 2.23. The highest BCUT2D eigenvalue weighted by atomic mass is 16.4. The van der Waals surface area contributed by atoms with E-state index in [0.29, 0.717) is 24.9 Å². The summed E-state index contributed by atoms with van der Waals surface area (Å²) in [7, 11) is 0. The largest absolute Gasteiger partial charge is 0.481 e. The molecule has 3 amide bonds. The molecule has 2 N–H and O–H groups in total. The molecule has 0 radical (unpaired) electrons. The van der Waals surface area contributed by atoms with Crippen LogP contribution in [0.3, 0.4) is 0 Å². The Morgan fingerprint density at radius 1 is 1.32 bits per heavy atom. The molecule has 1 aliphatic heterocycles. The molecule has 0 saturated carbocycles. The lowest BCUT2D eigenvalue weighted by Crippen LogP contribution is -2.41. The number of carboxylic acid groups (broad SMARTS) is 1. The van der Waals surface area contributed by atoms with Gasteiger partial charge in [0.25, 0.3) is 0 Å². The van der Waals surface area contributed by atoms with Crippen molar-refractivity contribution in [1.82, 2.24) is 10.2 Å². The number of hydrogen-bond acceptors (Lipinski definition) is 3. The molecule has 1 rings (SSSR count). The topological polar surface area (TPSA) is 86.7 Å². The third kappa shape index (κ3) is 5.28. The van der Waals surface area contributed by atoms with Gasteiger partial charge in [0, 0.05) is 25.9 Å². The van der Waals surface area contributed by atoms with E-state index in [1.165, 1.54) is 0 Å². The summed E-state index contributed by atoms with van der Waals surface area (Å²) in [5.41, 5.74) is 0. The smallest absolute Gasteiger partial charge is 0.324 e. The fourth-order valence-corrected chi connectivity index (χ4v) is 2.18. The van der Waals surface area contributed by atoms with Gasteiger partial charge in [0.15, 0.2) is 0 Å². The van der Waals surface area contributed by atoms with Gasteiger partial charge in [-0.3, -0.25) is 14.9 Å². The second-order valence-electron chi connectivity index (χ2n) is 5.34. The van der Waals surface area contributed by atoms with Crippen LogP contribution in [-0.4, -0.2) is 41.0 Å². The van der Waals surface area contributed by atoms with Gasteiger partial charge in [-0.05, 0) is 24.7 Å². The highest BCUT2D eigenvalue weighted by Gasteiger charge is 2.28. The number of aliphatic carboxylic acids is 1. The quantitative estimate of drug-likeness (QED) is 0.791. The summed E-state index contributed by atoms with van der Waals surface area (Å²) in [5, 5.41) is 10.8. The summed E-state index contributed by atoms with van der Waals surface area (Å²) < 4.78 is 0. The van der Waals surface area contributed by atoms with Crippen molar-refractivity contribution in [2.45, 2.75) is 39.5 Å². The van der Waals surface area contributed by atoms with Crippen molar-refractivity contribution < 1.29 is 19.5 Å². The molecule has 6 nitrogen and oxygen atoms in total. The Hall–Kier alpha value is -1.59. The molecule has 1 unspecified atom stereocenters. The average molecular weight is 270 g/mol. The van der Waals surface area contributed by atoms with E-state index in [1.54, 1.807) is 4.90 Å². The molecule has 1 saturated heterocycles. The van der Waals surface area contributed by atoms with Crippen molar-refractivity contribution in [2.75, 3.05) is 13.1 Å². The van der Waals surface area contributed by atoms with Gasteiger partial charge >= 0.3 is 12.0 Å². The van der Waals surface area contributed by atoms with Crippen LogP contribution in [0.4, 0.5) is 4.79 Å². The minimum atomic E-state index is -0.932. The first-order valence-electron chi connectivity index (χ1n) is 6.70. The van der Waals surface area contributed by atoms with Crippen LogP contribution < -0.4 is 5.32 Å². The van der Waals surface area contributed by atoms with E-state index in [-0.39, 0.29) is 25.3 Å². The number of hydrogen-bond donors (Lipinski definition) is 2. The number of amides is 3. The number of likely N-dealkylation sites (tertiary alicyclic amines) is 1. The van der Waals surface area contributed by atoms with E-state index in [1.807, 2.05) is 0 Å². The number of rotatable bonds is 5. The zero-order chi connectivity index (χ0) is 14.4. The standard InChI is InChI=1S/C13H22N2O4/c1-9(2)10-6-7-15(8-10)13(19)14-11(16)4-3-5-12(17)18/h9-10H,3-8H2,1-2H3,(H,17,18)(H,14,16,19). The van der Waals surface area contributed by atoms with Crippen LogP contribution in [0.25, 0.3) is 0 Å². The van der Waals surface area contributed by atoms with Gasteiger partial charge in [0.2, 0.25) is 5.91 Å². The Balaban J connectivity index is 2.27. The summed E-state index contributed by atoms with van der Waals surface area (Å²) in [6, 6.07) is -0.358. The Bertz CT molecular complexity index is 355. The van der Waals surface area contributed by atoms with Crippen molar-refractivity contribution in [3.05, 3.63) is 0 Å². The predicted octanol–water partition coefficient (Wildman–Crippen LogP) is 1.46. The summed E-state index contributed by atoms with van der Waals surface area (Å²) >= 11 is 0. The van der Waals surface area contributed by atoms with Crippen LogP contribution in [0.5, 0.6) is 0 Å². The van der Waals surface area contributed by atoms with Crippen LogP contribution in [0, 0.1) is 11.8 Å². The van der Waals surface area contributed by atoms with E-state index in [2.05, 4.69) is 19.2 Å². The first kappa shape index (κ1) is 15.5. The molecule has 0 aromatic heterocycles. The molecule has 0 aliphatic carbocycles. The fraction of sp³-hybridized carbons (Fsp3) is 0.769. The molecule has 1 atom stereocenters. The predicted molar refractivity (Wildman–Crippen MR) is 69.5 cm³/mol. The van der Waals surface area contributed by atoms with Gasteiger partial charge in [-0.1, -0.05) is 13.8 Å². The maximum absolute atomic E-state index is 11.8. The van der Waals surface area contributed by atoms with Crippen molar-refractivity contribution in [1.29, 1.82) is 0 Å². The van der Waals surface area contributed by atoms with E-state index in [9.17, 15) is 14.4 Å². The number of nitrogens with zero attached hydrogens (tertiary/aromatic N) is 1. The molecule has 19 heavy (non-hydrogen) atoms. The maximum atomic E-state index is 11.8. The van der Waals surface area contributed by atoms with Gasteiger partial charge < -0.3 is 10.0 Å². The molecule has 1 heterocycles. The van der Waals surface area contributed by atoms with Gasteiger partial charge in [-0.2, -0.15) is 0 Å². The van der Waals surface area contributed by atoms with Crippen molar-refractivity contribution >= 4 is 17.9 Å². The summed E-state index contributed by atoms with van der Waals surface area (Å²) in [6.45, 7) is 5.62. The lowest BCUT2D eigenvalue weighted by Gasteiger charge is -2.18. The zero-order valence-corrected chi connectivity index (χ0v) is 11.5. The van der Waals surface area contributed by atoms with Crippen LogP contribution in [0.2, 0.25) is 0 Å². The van der Waals surface area contributed by atoms with E-state index in [0.717, 1.165) is 6.42 Å². The molecule has 1 fully saturated rings. The summed E-state index contributed by atoms with van der Waals surface area (Å²) in [4.78, 5) is 35.2. The van der Waals surface area contributed by atoms with Crippen LogP contribution in [0.15, 0.2) is 0 Å². The Kier molecular flexibility index (Phi) is 5.79. The molecule has 0 aromatic rings. The number of urea groups is 1. The second-order valence-corrected chi connectivity index (χ2v) is 5.34. The third-order valence-corrected chi connectivity index (χ3v) is 3.50. The maximum Gasteiger partial charge on any atom is 0.324 e. The Morgan fingerprint density at radius 3 is 2.53 bits per heavy atom. The van der Waals surface area contributed by atoms with Crippen LogP contribution >= 0.6 is 0 Å². The molecule has 6 heteroatoms. The average Bonchev–Trinajstić information content (AvgIpc) is 2.77. The Morgan fingerprint density at radius 2 is 2.00 bits per heavy atom. The molecule has 0 aromatic carbocycles. The number of carbonyl (C=O) groups excluding carboxylic acids is 2. The van der Waals surface area contributed by atoms with E-state index in [4.69, 9.17) is 5.11 Å². The normalized spacial score (nSPS) is 18.7. The molecule has 0 spiro atoms. The fourth-order valence-electron chi connectivity index (χ4n) is 2.18. The number of nitrogens with one attached hydrogen (secondary N) is 1. The molecular weight excluding hydrogens is 248 g/mol. The summed E-state index contributed by atoms with van der Waals surface area (Å²) in [5.74, 6) is -0.311. The van der Waals surface area contributed by atoms with Gasteiger partial charge in [0.05, 0.1) is 0 Å². The van der Waals surface area contributed by atoms with Crippen molar-refractivity contribution in [3.63, 3.8) is 0 Å². The Labute approximate surface area is 113 Å². The number of carbonyl (C=O) groups is 3. The molecule has 0 bridgehead atoms. The van der Waals surface area contributed by atoms with Crippen LogP contribution in [0.1, 0.15) is 39.5 Å². The highest BCUT2D eigenvalue weighted by molar-refractivity contribution is 5.94. The molecule has 108 valence electrons. The molecule has 1 aliphatic rings. The SMILES string of the molecule is CC(C)C1CCN(C(=O)NC(=O)CCCC(=O)O)C1. The monoisotopic (exact) mass is 270 g/mol. The van der Waals surface area contributed by atoms with Crippen molar-refractivity contribution in [3.8, 4) is 0 Å². The second kappa shape index (κ2) is 7.11. The van der Waals surface area contributed by atoms with Crippen LogP contribution in [-0.2, 0) is 9.59 Å². The first-order chi connectivity index (χ1) is 8.90. The lowest BCUT2D eigenvalue weighted by molar-refractivity contribution is -0.137. The first-order valence-corrected chi connectivity index (χ1v) is 6.70. The van der Waals surface area contributed by atoms with E-state index >= 15 is 0 Å². The number of imide groups is 1. The minimum absolute atomic E-state index is 0.0548. The van der Waals surface area contributed by atoms with E-state index < -0.39 is 11.9 Å². The van der Waals surface area contributed by atoms with Gasteiger partial charge in [-0.25, -0.2) is 4.79 Å². The molecular formula is C13H22N2O4. The third-order valence-electron chi connectivity index (χ3n) is 3.50.